The van der Waals surface area contributed by atoms with Crippen molar-refractivity contribution in [3.05, 3.63) is 48.3 Å². The van der Waals surface area contributed by atoms with Crippen LogP contribution < -0.4 is 0 Å². The standard InChI is InChI=1S/C17H17N3O5S/c21-17(22)13-9-18-20(10-13)14-5-3-7-19(11-14)26(23,24)16-8-12-4-1-2-6-15(12)25-16/h1-2,4,6,8-10,14H,3,5,7,11H2,(H,21,22)/t14-/m1/s1. The highest BCUT2D eigenvalue weighted by Gasteiger charge is 2.33. The second-order valence-corrected chi connectivity index (χ2v) is 8.15. The van der Waals surface area contributed by atoms with Crippen LogP contribution in [0.15, 0.2) is 52.2 Å². The van der Waals surface area contributed by atoms with Crippen molar-refractivity contribution in [2.75, 3.05) is 13.1 Å². The summed E-state index contributed by atoms with van der Waals surface area (Å²) in [5, 5.41) is 13.8. The third-order valence-electron chi connectivity index (χ3n) is 4.58. The number of sulfonamides is 1. The van der Waals surface area contributed by atoms with Crippen LogP contribution in [0.1, 0.15) is 29.2 Å². The summed E-state index contributed by atoms with van der Waals surface area (Å²) in [6, 6.07) is 8.46. The number of nitrogens with zero attached hydrogens (tertiary/aromatic N) is 3. The monoisotopic (exact) mass is 375 g/mol. The molecule has 8 nitrogen and oxygen atoms in total. The maximum absolute atomic E-state index is 13.0. The van der Waals surface area contributed by atoms with E-state index in [1.807, 2.05) is 6.07 Å². The number of hydrogen-bond donors (Lipinski definition) is 1. The average molecular weight is 375 g/mol. The molecule has 3 heterocycles. The summed E-state index contributed by atoms with van der Waals surface area (Å²) in [6.07, 6.45) is 4.10. The Balaban J connectivity index is 1.60. The third kappa shape index (κ3) is 2.89. The number of para-hydroxylation sites is 1. The molecule has 0 amide bonds. The Morgan fingerprint density at radius 2 is 2.12 bits per heavy atom. The fourth-order valence-corrected chi connectivity index (χ4v) is 4.68. The number of fused-ring (bicyclic) bond motifs is 1. The molecule has 1 saturated heterocycles. The molecule has 1 N–H and O–H groups in total. The van der Waals surface area contributed by atoms with Crippen LogP contribution in [0.3, 0.4) is 0 Å². The van der Waals surface area contributed by atoms with Crippen LogP contribution in [0.4, 0.5) is 0 Å². The number of carboxylic acid groups (broad SMARTS) is 1. The van der Waals surface area contributed by atoms with Crippen LogP contribution >= 0.6 is 0 Å². The Hall–Kier alpha value is -2.65. The molecule has 0 saturated carbocycles. The predicted molar refractivity (Wildman–Crippen MR) is 92.4 cm³/mol. The van der Waals surface area contributed by atoms with E-state index in [4.69, 9.17) is 9.52 Å². The Bertz CT molecular complexity index is 1040. The molecule has 1 aliphatic rings. The molecular weight excluding hydrogens is 358 g/mol. The highest BCUT2D eigenvalue weighted by Crippen LogP contribution is 2.29. The summed E-state index contributed by atoms with van der Waals surface area (Å²) in [5.74, 6) is -1.06. The van der Waals surface area contributed by atoms with Crippen LogP contribution in [0.2, 0.25) is 0 Å². The van der Waals surface area contributed by atoms with Gasteiger partial charge in [-0.2, -0.15) is 9.40 Å². The van der Waals surface area contributed by atoms with Gasteiger partial charge >= 0.3 is 5.97 Å². The second kappa shape index (κ2) is 6.26. The zero-order valence-corrected chi connectivity index (χ0v) is 14.6. The van der Waals surface area contributed by atoms with Gasteiger partial charge in [0, 0.05) is 30.7 Å². The lowest BCUT2D eigenvalue weighted by atomic mass is 10.1. The van der Waals surface area contributed by atoms with Crippen molar-refractivity contribution in [2.45, 2.75) is 24.0 Å². The van der Waals surface area contributed by atoms with Crippen LogP contribution in [0.25, 0.3) is 11.0 Å². The minimum atomic E-state index is -3.77. The molecule has 1 aromatic carbocycles. The van der Waals surface area contributed by atoms with E-state index in [-0.39, 0.29) is 23.2 Å². The van der Waals surface area contributed by atoms with E-state index in [1.54, 1.807) is 18.2 Å². The first kappa shape index (κ1) is 16.8. The summed E-state index contributed by atoms with van der Waals surface area (Å²) in [6.45, 7) is 0.614. The molecule has 1 aliphatic heterocycles. The highest BCUT2D eigenvalue weighted by atomic mass is 32.2. The van der Waals surface area contributed by atoms with Crippen molar-refractivity contribution < 1.29 is 22.7 Å². The van der Waals surface area contributed by atoms with E-state index in [0.29, 0.717) is 18.5 Å². The van der Waals surface area contributed by atoms with Crippen LogP contribution in [0.5, 0.6) is 0 Å². The van der Waals surface area contributed by atoms with Crippen LogP contribution in [-0.2, 0) is 10.0 Å². The molecule has 0 radical (unpaired) electrons. The van der Waals surface area contributed by atoms with Crippen molar-refractivity contribution in [3.8, 4) is 0 Å². The lowest BCUT2D eigenvalue weighted by Gasteiger charge is -2.31. The first-order valence-electron chi connectivity index (χ1n) is 8.21. The minimum Gasteiger partial charge on any atom is -0.478 e. The Kier molecular flexibility index (Phi) is 4.04. The molecular formula is C17H17N3O5S. The van der Waals surface area contributed by atoms with Crippen molar-refractivity contribution in [3.63, 3.8) is 0 Å². The van der Waals surface area contributed by atoms with Gasteiger partial charge in [0.2, 0.25) is 5.09 Å². The van der Waals surface area contributed by atoms with E-state index < -0.39 is 16.0 Å². The zero-order chi connectivity index (χ0) is 18.3. The molecule has 0 aliphatic carbocycles. The molecule has 1 fully saturated rings. The van der Waals surface area contributed by atoms with Crippen molar-refractivity contribution in [2.24, 2.45) is 0 Å². The number of furan rings is 1. The largest absolute Gasteiger partial charge is 0.478 e. The first-order valence-corrected chi connectivity index (χ1v) is 9.65. The molecule has 0 bridgehead atoms. The van der Waals surface area contributed by atoms with Crippen LogP contribution in [-0.4, -0.2) is 46.7 Å². The molecule has 4 rings (SSSR count). The Morgan fingerprint density at radius 1 is 1.31 bits per heavy atom. The molecule has 9 heteroatoms. The van der Waals surface area contributed by atoms with E-state index in [9.17, 15) is 13.2 Å². The van der Waals surface area contributed by atoms with Gasteiger partial charge in [-0.3, -0.25) is 4.68 Å². The van der Waals surface area contributed by atoms with Gasteiger partial charge in [0.15, 0.2) is 0 Å². The van der Waals surface area contributed by atoms with Gasteiger partial charge in [0.05, 0.1) is 17.8 Å². The smallest absolute Gasteiger partial charge is 0.338 e. The number of aromatic carboxylic acids is 1. The van der Waals surface area contributed by atoms with Gasteiger partial charge in [-0.15, -0.1) is 0 Å². The summed E-state index contributed by atoms with van der Waals surface area (Å²) >= 11 is 0. The summed E-state index contributed by atoms with van der Waals surface area (Å²) in [7, 11) is -3.77. The molecule has 2 aromatic heterocycles. The lowest BCUT2D eigenvalue weighted by Crippen LogP contribution is -2.40. The number of rotatable bonds is 4. The lowest BCUT2D eigenvalue weighted by molar-refractivity contribution is 0.0696. The molecule has 136 valence electrons. The normalized spacial score (nSPS) is 19.0. The quantitative estimate of drug-likeness (QED) is 0.750. The maximum Gasteiger partial charge on any atom is 0.338 e. The number of benzene rings is 1. The number of piperidine rings is 1. The number of aromatic nitrogens is 2. The van der Waals surface area contributed by atoms with E-state index in [2.05, 4.69) is 5.10 Å². The molecule has 0 spiro atoms. The Labute approximate surface area is 149 Å². The SMILES string of the molecule is O=C(O)c1cnn([C@@H]2CCCN(S(=O)(=O)c3cc4ccccc4o3)C2)c1. The number of hydrogen-bond acceptors (Lipinski definition) is 5. The number of carbonyl (C=O) groups is 1. The Morgan fingerprint density at radius 3 is 2.85 bits per heavy atom. The maximum atomic E-state index is 13.0. The van der Waals surface area contributed by atoms with Crippen molar-refractivity contribution >= 4 is 27.0 Å². The van der Waals surface area contributed by atoms with Gasteiger partial charge in [-0.1, -0.05) is 18.2 Å². The van der Waals surface area contributed by atoms with Crippen molar-refractivity contribution in [1.82, 2.24) is 14.1 Å². The minimum absolute atomic E-state index is 0.0777. The molecule has 3 aromatic rings. The second-order valence-electron chi connectivity index (χ2n) is 6.28. The van der Waals surface area contributed by atoms with Gasteiger partial charge < -0.3 is 9.52 Å². The fourth-order valence-electron chi connectivity index (χ4n) is 3.22. The summed E-state index contributed by atoms with van der Waals surface area (Å²) in [4.78, 5) is 11.0. The van der Waals surface area contributed by atoms with Crippen LogP contribution in [0, 0.1) is 0 Å². The van der Waals surface area contributed by atoms with E-state index in [1.165, 1.54) is 27.4 Å². The predicted octanol–water partition coefficient (Wildman–Crippen LogP) is 2.35. The third-order valence-corrected chi connectivity index (χ3v) is 6.30. The molecule has 0 unspecified atom stereocenters. The zero-order valence-electron chi connectivity index (χ0n) is 13.8. The van der Waals surface area contributed by atoms with Crippen molar-refractivity contribution in [1.29, 1.82) is 0 Å². The van der Waals surface area contributed by atoms with Gasteiger partial charge in [-0.05, 0) is 18.9 Å². The van der Waals surface area contributed by atoms with Gasteiger partial charge in [0.1, 0.15) is 5.58 Å². The van der Waals surface area contributed by atoms with E-state index in [0.717, 1.165) is 11.8 Å². The summed E-state index contributed by atoms with van der Waals surface area (Å²) < 4.78 is 34.4. The fraction of sp³-hybridized carbons (Fsp3) is 0.294. The first-order chi connectivity index (χ1) is 12.4. The van der Waals surface area contributed by atoms with Gasteiger partial charge in [0.25, 0.3) is 10.0 Å². The summed E-state index contributed by atoms with van der Waals surface area (Å²) in [5.41, 5.74) is 0.611. The molecule has 26 heavy (non-hydrogen) atoms. The molecule has 1 atom stereocenters. The van der Waals surface area contributed by atoms with E-state index >= 15 is 0 Å². The average Bonchev–Trinajstić information content (AvgIpc) is 3.29. The highest BCUT2D eigenvalue weighted by molar-refractivity contribution is 7.89. The number of carboxylic acids is 1. The topological polar surface area (TPSA) is 106 Å². The van der Waals surface area contributed by atoms with Gasteiger partial charge in [-0.25, -0.2) is 13.2 Å².